The van der Waals surface area contributed by atoms with Crippen molar-refractivity contribution in [3.63, 3.8) is 0 Å². The summed E-state index contributed by atoms with van der Waals surface area (Å²) >= 11 is 0. The lowest BCUT2D eigenvalue weighted by molar-refractivity contribution is 0.0943. The van der Waals surface area contributed by atoms with Crippen molar-refractivity contribution in [3.8, 4) is 0 Å². The molecule has 1 N–H and O–H groups in total. The van der Waals surface area contributed by atoms with Crippen LogP contribution in [0.15, 0.2) is 35.0 Å². The molecule has 1 aromatic carbocycles. The number of hydrogen-bond acceptors (Lipinski definition) is 3. The fraction of sp³-hybridized carbons (Fsp3) is 0.167. The minimum Gasteiger partial charge on any atom is -0.360 e. The normalized spacial score (nSPS) is 10.2. The smallest absolute Gasteiger partial charge is 0.254 e. The maximum absolute atomic E-state index is 13.6. The van der Waals surface area contributed by atoms with Crippen molar-refractivity contribution in [1.29, 1.82) is 0 Å². The Hall–Kier alpha value is -2.17. The molecule has 0 aliphatic heterocycles. The SMILES string of the molecule is Cc1cccc(C(=O)NCc2ccno2)c1F. The first-order chi connectivity index (χ1) is 8.18. The highest BCUT2D eigenvalue weighted by Crippen LogP contribution is 2.11. The number of nitrogens with one attached hydrogen (secondary N) is 1. The van der Waals surface area contributed by atoms with E-state index in [0.717, 1.165) is 0 Å². The van der Waals surface area contributed by atoms with Crippen LogP contribution in [-0.4, -0.2) is 11.1 Å². The minimum absolute atomic E-state index is 0.0320. The zero-order chi connectivity index (χ0) is 12.3. The van der Waals surface area contributed by atoms with Gasteiger partial charge in [0.2, 0.25) is 0 Å². The van der Waals surface area contributed by atoms with Gasteiger partial charge in [-0.05, 0) is 18.6 Å². The lowest BCUT2D eigenvalue weighted by atomic mass is 10.1. The van der Waals surface area contributed by atoms with E-state index in [9.17, 15) is 9.18 Å². The number of halogens is 1. The van der Waals surface area contributed by atoms with Crippen LogP contribution in [0.1, 0.15) is 21.7 Å². The summed E-state index contributed by atoms with van der Waals surface area (Å²) in [5.74, 6) is -0.448. The molecular weight excluding hydrogens is 223 g/mol. The van der Waals surface area contributed by atoms with Crippen molar-refractivity contribution in [3.05, 3.63) is 53.2 Å². The molecule has 2 aromatic rings. The number of aryl methyl sites for hydroxylation is 1. The van der Waals surface area contributed by atoms with E-state index in [2.05, 4.69) is 10.5 Å². The second kappa shape index (κ2) is 4.78. The number of carbonyl (C=O) groups is 1. The summed E-state index contributed by atoms with van der Waals surface area (Å²) in [6.45, 7) is 1.80. The molecule has 0 saturated carbocycles. The van der Waals surface area contributed by atoms with Crippen LogP contribution in [0.3, 0.4) is 0 Å². The van der Waals surface area contributed by atoms with Crippen LogP contribution >= 0.6 is 0 Å². The van der Waals surface area contributed by atoms with Crippen molar-refractivity contribution in [2.24, 2.45) is 0 Å². The largest absolute Gasteiger partial charge is 0.360 e. The van der Waals surface area contributed by atoms with Gasteiger partial charge in [0.1, 0.15) is 5.82 Å². The fourth-order valence-corrected chi connectivity index (χ4v) is 1.42. The van der Waals surface area contributed by atoms with E-state index in [1.807, 2.05) is 0 Å². The van der Waals surface area contributed by atoms with Gasteiger partial charge in [0.25, 0.3) is 5.91 Å². The zero-order valence-electron chi connectivity index (χ0n) is 9.24. The molecule has 4 nitrogen and oxygen atoms in total. The first kappa shape index (κ1) is 11.3. The van der Waals surface area contributed by atoms with Gasteiger partial charge in [0, 0.05) is 6.07 Å². The van der Waals surface area contributed by atoms with Gasteiger partial charge >= 0.3 is 0 Å². The Kier molecular flexibility index (Phi) is 3.18. The fourth-order valence-electron chi connectivity index (χ4n) is 1.42. The maximum Gasteiger partial charge on any atom is 0.254 e. The van der Waals surface area contributed by atoms with Gasteiger partial charge in [-0.3, -0.25) is 4.79 Å². The molecule has 0 radical (unpaired) electrons. The van der Waals surface area contributed by atoms with Crippen molar-refractivity contribution in [2.45, 2.75) is 13.5 Å². The molecule has 1 amide bonds. The Bertz CT molecular complexity index is 523. The van der Waals surface area contributed by atoms with Crippen LogP contribution in [-0.2, 0) is 6.54 Å². The van der Waals surface area contributed by atoms with Gasteiger partial charge in [0.15, 0.2) is 5.76 Å². The number of carbonyl (C=O) groups excluding carboxylic acids is 1. The van der Waals surface area contributed by atoms with E-state index in [1.54, 1.807) is 25.1 Å². The first-order valence-electron chi connectivity index (χ1n) is 5.11. The molecule has 1 heterocycles. The molecule has 0 aliphatic carbocycles. The topological polar surface area (TPSA) is 55.1 Å². The Morgan fingerprint density at radius 2 is 2.29 bits per heavy atom. The third-order valence-corrected chi connectivity index (χ3v) is 2.35. The summed E-state index contributed by atoms with van der Waals surface area (Å²) in [6.07, 6.45) is 1.48. The average Bonchev–Trinajstić information content (AvgIpc) is 2.82. The molecule has 0 aliphatic rings. The van der Waals surface area contributed by atoms with Crippen molar-refractivity contribution < 1.29 is 13.7 Å². The Balaban J connectivity index is 2.07. The molecule has 2 rings (SSSR count). The van der Waals surface area contributed by atoms with Crippen LogP contribution in [0.5, 0.6) is 0 Å². The molecule has 0 atom stereocenters. The summed E-state index contributed by atoms with van der Waals surface area (Å²) in [5, 5.41) is 6.06. The summed E-state index contributed by atoms with van der Waals surface area (Å²) in [5.41, 5.74) is 0.474. The van der Waals surface area contributed by atoms with E-state index in [-0.39, 0.29) is 12.1 Å². The first-order valence-corrected chi connectivity index (χ1v) is 5.11. The highest BCUT2D eigenvalue weighted by molar-refractivity contribution is 5.94. The van der Waals surface area contributed by atoms with Crippen molar-refractivity contribution in [2.75, 3.05) is 0 Å². The molecule has 0 unspecified atom stereocenters. The number of amides is 1. The molecule has 0 fully saturated rings. The van der Waals surface area contributed by atoms with Gasteiger partial charge in [-0.2, -0.15) is 0 Å². The lowest BCUT2D eigenvalue weighted by Gasteiger charge is -2.05. The van der Waals surface area contributed by atoms with Crippen molar-refractivity contribution >= 4 is 5.91 Å². The average molecular weight is 234 g/mol. The van der Waals surface area contributed by atoms with Crippen molar-refractivity contribution in [1.82, 2.24) is 10.5 Å². The van der Waals surface area contributed by atoms with Crippen LogP contribution in [0.4, 0.5) is 4.39 Å². The standard InChI is InChI=1S/C12H11FN2O2/c1-8-3-2-4-10(11(8)13)12(16)14-7-9-5-6-15-17-9/h2-6H,7H2,1H3,(H,14,16). The molecule has 88 valence electrons. The predicted octanol–water partition coefficient (Wildman–Crippen LogP) is 2.05. The predicted molar refractivity (Wildman–Crippen MR) is 58.8 cm³/mol. The molecule has 1 aromatic heterocycles. The number of nitrogens with zero attached hydrogens (tertiary/aromatic N) is 1. The van der Waals surface area contributed by atoms with Gasteiger partial charge in [0.05, 0.1) is 18.3 Å². The Labute approximate surface area is 97.4 Å². The van der Waals surface area contributed by atoms with E-state index < -0.39 is 11.7 Å². The second-order valence-electron chi connectivity index (χ2n) is 3.60. The van der Waals surface area contributed by atoms with Crippen LogP contribution in [0.25, 0.3) is 0 Å². The summed E-state index contributed by atoms with van der Waals surface area (Å²) in [6, 6.07) is 6.33. The van der Waals surface area contributed by atoms with Crippen LogP contribution in [0.2, 0.25) is 0 Å². The summed E-state index contributed by atoms with van der Waals surface area (Å²) in [7, 11) is 0. The highest BCUT2D eigenvalue weighted by atomic mass is 19.1. The number of rotatable bonds is 3. The second-order valence-corrected chi connectivity index (χ2v) is 3.60. The highest BCUT2D eigenvalue weighted by Gasteiger charge is 2.13. The summed E-state index contributed by atoms with van der Waals surface area (Å²) in [4.78, 5) is 11.7. The molecule has 0 saturated heterocycles. The number of aromatic nitrogens is 1. The van der Waals surface area contributed by atoms with Gasteiger partial charge < -0.3 is 9.84 Å². The van der Waals surface area contributed by atoms with Gasteiger partial charge in [-0.25, -0.2) is 4.39 Å². The third-order valence-electron chi connectivity index (χ3n) is 2.35. The monoisotopic (exact) mass is 234 g/mol. The van der Waals surface area contributed by atoms with Crippen LogP contribution in [0, 0.1) is 12.7 Å². The van der Waals surface area contributed by atoms with E-state index in [4.69, 9.17) is 4.52 Å². The Morgan fingerprint density at radius 3 is 3.00 bits per heavy atom. The lowest BCUT2D eigenvalue weighted by Crippen LogP contribution is -2.23. The van der Waals surface area contributed by atoms with Gasteiger partial charge in [-0.1, -0.05) is 17.3 Å². The molecule has 17 heavy (non-hydrogen) atoms. The number of benzene rings is 1. The minimum atomic E-state index is -0.498. The third kappa shape index (κ3) is 2.50. The van der Waals surface area contributed by atoms with Gasteiger partial charge in [-0.15, -0.1) is 0 Å². The van der Waals surface area contributed by atoms with E-state index in [1.165, 1.54) is 12.3 Å². The zero-order valence-corrected chi connectivity index (χ0v) is 9.24. The maximum atomic E-state index is 13.6. The molecule has 5 heteroatoms. The van der Waals surface area contributed by atoms with E-state index >= 15 is 0 Å². The Morgan fingerprint density at radius 1 is 1.47 bits per heavy atom. The quantitative estimate of drug-likeness (QED) is 0.884. The van der Waals surface area contributed by atoms with E-state index in [0.29, 0.717) is 11.3 Å². The molecular formula is C12H11FN2O2. The van der Waals surface area contributed by atoms with Crippen LogP contribution < -0.4 is 5.32 Å². The number of hydrogen-bond donors (Lipinski definition) is 1. The summed E-state index contributed by atoms with van der Waals surface area (Å²) < 4.78 is 18.4. The molecule has 0 spiro atoms. The molecule has 0 bridgehead atoms.